The SMILES string of the molecule is CCN1c2ccc(C)cc2C(C)(C)C1CCCC1N(CCCCCC(=O)NCCC2CC3CC4c5c(nc6cc(Cl)ccc6c5N)CC234)c2ccc(S(=O)(=O)O)cc2C1(C)C. The number of nitrogens with zero attached hydrogens (tertiary/aromatic N) is 3. The van der Waals surface area contributed by atoms with Crippen LogP contribution in [0.4, 0.5) is 17.1 Å². The van der Waals surface area contributed by atoms with Gasteiger partial charge in [-0.05, 0) is 148 Å². The Labute approximate surface area is 368 Å². The number of anilines is 3. The van der Waals surface area contributed by atoms with Gasteiger partial charge < -0.3 is 20.9 Å². The number of carbonyl (C=O) groups is 1. The van der Waals surface area contributed by atoms with Crippen molar-refractivity contribution in [1.29, 1.82) is 0 Å². The van der Waals surface area contributed by atoms with E-state index in [4.69, 9.17) is 22.3 Å². The van der Waals surface area contributed by atoms with Gasteiger partial charge >= 0.3 is 0 Å². The molecule has 11 heteroatoms. The number of aryl methyl sites for hydroxylation is 1. The van der Waals surface area contributed by atoms with E-state index in [1.807, 2.05) is 24.3 Å². The highest BCUT2D eigenvalue weighted by Gasteiger charge is 2.69. The van der Waals surface area contributed by atoms with E-state index in [0.717, 1.165) is 104 Å². The van der Waals surface area contributed by atoms with Crippen LogP contribution in [0.1, 0.15) is 133 Å². The summed E-state index contributed by atoms with van der Waals surface area (Å²) in [6.45, 7) is 16.1. The fraction of sp³-hybridized carbons (Fsp3) is 0.560. The Morgan fingerprint density at radius 1 is 0.902 bits per heavy atom. The van der Waals surface area contributed by atoms with E-state index in [1.54, 1.807) is 6.07 Å². The van der Waals surface area contributed by atoms with Crippen LogP contribution in [-0.2, 0) is 32.2 Å². The average molecular weight is 867 g/mol. The monoisotopic (exact) mass is 865 g/mol. The number of unbranched alkanes of at least 4 members (excludes halogenated alkanes) is 2. The molecule has 3 aromatic carbocycles. The van der Waals surface area contributed by atoms with Crippen molar-refractivity contribution in [2.45, 2.75) is 146 Å². The van der Waals surface area contributed by atoms with Crippen LogP contribution in [0.25, 0.3) is 10.9 Å². The summed E-state index contributed by atoms with van der Waals surface area (Å²) < 4.78 is 34.5. The summed E-state index contributed by atoms with van der Waals surface area (Å²) in [7, 11) is -4.33. The lowest BCUT2D eigenvalue weighted by atomic mass is 9.37. The molecule has 6 unspecified atom stereocenters. The number of pyridine rings is 1. The molecule has 5 aliphatic rings. The van der Waals surface area contributed by atoms with Gasteiger partial charge in [0.2, 0.25) is 5.91 Å². The third-order valence-electron chi connectivity index (χ3n) is 16.4. The molecule has 0 radical (unpaired) electrons. The Morgan fingerprint density at radius 3 is 2.33 bits per heavy atom. The number of nitrogen functional groups attached to an aromatic ring is 1. The van der Waals surface area contributed by atoms with Gasteiger partial charge in [-0.15, -0.1) is 0 Å². The molecule has 2 fully saturated rings. The zero-order valence-electron chi connectivity index (χ0n) is 36.9. The van der Waals surface area contributed by atoms with Crippen LogP contribution in [0.5, 0.6) is 0 Å². The van der Waals surface area contributed by atoms with E-state index < -0.39 is 10.1 Å². The summed E-state index contributed by atoms with van der Waals surface area (Å²) in [6, 6.07) is 18.4. The molecular formula is C50H64ClN5O4S. The fourth-order valence-electron chi connectivity index (χ4n) is 13.3. The highest BCUT2D eigenvalue weighted by Crippen LogP contribution is 2.77. The minimum absolute atomic E-state index is 0.0305. The van der Waals surface area contributed by atoms with Gasteiger partial charge in [-0.2, -0.15) is 8.42 Å². The zero-order valence-corrected chi connectivity index (χ0v) is 38.4. The van der Waals surface area contributed by atoms with Crippen LogP contribution in [0.3, 0.4) is 0 Å². The van der Waals surface area contributed by atoms with E-state index in [1.165, 1.54) is 41.3 Å². The van der Waals surface area contributed by atoms with Crippen LogP contribution in [-0.4, -0.2) is 55.6 Å². The molecule has 1 aromatic heterocycles. The number of halogens is 1. The first-order chi connectivity index (χ1) is 29.0. The Bertz CT molecular complexity index is 2510. The molecule has 6 atom stereocenters. The van der Waals surface area contributed by atoms with E-state index in [9.17, 15) is 17.8 Å². The number of nitrogens with two attached hydrogens (primary N) is 1. The lowest BCUT2D eigenvalue weighted by Crippen LogP contribution is -2.60. The van der Waals surface area contributed by atoms with Gasteiger partial charge in [0.05, 0.1) is 10.4 Å². The Hall–Kier alpha value is -3.86. The molecule has 61 heavy (non-hydrogen) atoms. The van der Waals surface area contributed by atoms with Crippen LogP contribution >= 0.6 is 11.6 Å². The minimum Gasteiger partial charge on any atom is -0.398 e. The number of benzene rings is 3. The number of hydrogen-bond acceptors (Lipinski definition) is 7. The molecule has 4 N–H and O–H groups in total. The summed E-state index contributed by atoms with van der Waals surface area (Å²) in [6.07, 6.45) is 10.6. The van der Waals surface area contributed by atoms with E-state index >= 15 is 0 Å². The fourth-order valence-corrected chi connectivity index (χ4v) is 13.9. The zero-order chi connectivity index (χ0) is 43.2. The highest BCUT2D eigenvalue weighted by atomic mass is 35.5. The molecule has 1 amide bonds. The van der Waals surface area contributed by atoms with E-state index in [-0.39, 0.29) is 33.1 Å². The average Bonchev–Trinajstić information content (AvgIpc) is 3.71. The van der Waals surface area contributed by atoms with Crippen molar-refractivity contribution >= 4 is 55.6 Å². The van der Waals surface area contributed by atoms with Crippen LogP contribution in [0.2, 0.25) is 5.02 Å². The number of likely N-dealkylation sites (N-methyl/N-ethyl adjacent to an activating group) is 1. The van der Waals surface area contributed by atoms with E-state index in [0.29, 0.717) is 35.9 Å². The predicted molar refractivity (Wildman–Crippen MR) is 248 cm³/mol. The molecule has 2 saturated carbocycles. The van der Waals surface area contributed by atoms with Crippen molar-refractivity contribution in [2.75, 3.05) is 35.2 Å². The van der Waals surface area contributed by atoms with Crippen LogP contribution in [0, 0.1) is 24.2 Å². The first-order valence-corrected chi connectivity index (χ1v) is 24.7. The molecule has 0 saturated heterocycles. The summed E-state index contributed by atoms with van der Waals surface area (Å²) in [5.74, 6) is 1.89. The van der Waals surface area contributed by atoms with Crippen LogP contribution in [0.15, 0.2) is 59.5 Å². The molecule has 9 rings (SSSR count). The third kappa shape index (κ3) is 6.93. The van der Waals surface area contributed by atoms with Crippen molar-refractivity contribution < 1.29 is 17.8 Å². The Kier molecular flexibility index (Phi) is 10.7. The Balaban J connectivity index is 0.787. The second kappa shape index (κ2) is 15.4. The maximum Gasteiger partial charge on any atom is 0.294 e. The number of fused-ring (bicyclic) bond motifs is 5. The smallest absolute Gasteiger partial charge is 0.294 e. The first-order valence-electron chi connectivity index (χ1n) is 22.9. The van der Waals surface area contributed by atoms with Crippen molar-refractivity contribution in [3.8, 4) is 0 Å². The van der Waals surface area contributed by atoms with Crippen molar-refractivity contribution in [3.63, 3.8) is 0 Å². The standard InChI is InChI=1S/C50H64ClN5O4S/c1-7-55-41-19-15-30(2)24-36(41)48(3,4)43(55)12-11-13-44-49(5,6)37-28-34(61(58,59)60)17-20-42(37)56(44)23-10-8-9-14-45(57)53-22-21-31-25-32-26-38-46-40(29-50(31,32)38)54-39-27-33(51)16-18-35(39)47(46)52/h15-20,24,27-28,31-32,38,43-44H,7-14,21-23,25-26,29H2,1-6H3,(H2,52,54)(H,53,57)(H,58,59,60). The summed E-state index contributed by atoms with van der Waals surface area (Å²) in [4.78, 5) is 23.2. The molecule has 326 valence electrons. The van der Waals surface area contributed by atoms with Gasteiger partial charge in [0.15, 0.2) is 0 Å². The third-order valence-corrected chi connectivity index (χ3v) is 17.5. The number of nitrogens with one attached hydrogen (secondary N) is 1. The minimum atomic E-state index is -4.33. The van der Waals surface area contributed by atoms with Gasteiger partial charge in [0.1, 0.15) is 0 Å². The second-order valence-electron chi connectivity index (χ2n) is 20.3. The van der Waals surface area contributed by atoms with Crippen molar-refractivity contribution in [3.05, 3.63) is 87.6 Å². The maximum absolute atomic E-state index is 13.1. The van der Waals surface area contributed by atoms with Gasteiger partial charge in [-0.1, -0.05) is 63.4 Å². The first kappa shape index (κ1) is 42.4. The van der Waals surface area contributed by atoms with Gasteiger partial charge in [-0.25, -0.2) is 0 Å². The Morgan fingerprint density at radius 2 is 1.61 bits per heavy atom. The topological polar surface area (TPSA) is 129 Å². The van der Waals surface area contributed by atoms with Crippen molar-refractivity contribution in [1.82, 2.24) is 10.3 Å². The maximum atomic E-state index is 13.1. The number of carbonyl (C=O) groups excluding carboxylic acids is 1. The number of rotatable bonds is 15. The van der Waals surface area contributed by atoms with Gasteiger partial charge in [0, 0.05) is 87.7 Å². The predicted octanol–water partition coefficient (Wildman–Crippen LogP) is 10.3. The largest absolute Gasteiger partial charge is 0.398 e. The highest BCUT2D eigenvalue weighted by molar-refractivity contribution is 7.85. The molecule has 0 bridgehead atoms. The summed E-state index contributed by atoms with van der Waals surface area (Å²) in [5.41, 5.74) is 17.0. The molecule has 2 aliphatic heterocycles. The molecule has 3 aliphatic carbocycles. The lowest BCUT2D eigenvalue weighted by molar-refractivity contribution is -0.157. The number of amides is 1. The van der Waals surface area contributed by atoms with Crippen molar-refractivity contribution in [2.24, 2.45) is 17.3 Å². The molecule has 1 spiro atoms. The molecule has 3 heterocycles. The van der Waals surface area contributed by atoms with Crippen LogP contribution < -0.4 is 20.9 Å². The lowest BCUT2D eigenvalue weighted by Gasteiger charge is -2.67. The normalized spacial score (nSPS) is 26.3. The van der Waals surface area contributed by atoms with Gasteiger partial charge in [-0.3, -0.25) is 14.3 Å². The van der Waals surface area contributed by atoms with Gasteiger partial charge in [0.25, 0.3) is 10.1 Å². The molecular weight excluding hydrogens is 802 g/mol. The molecule has 9 nitrogen and oxygen atoms in total. The summed E-state index contributed by atoms with van der Waals surface area (Å²) >= 11 is 6.30. The quantitative estimate of drug-likeness (QED) is 0.0796. The number of hydrogen-bond donors (Lipinski definition) is 3. The van der Waals surface area contributed by atoms with E-state index in [2.05, 4.69) is 74.9 Å². The molecule has 4 aromatic rings. The summed E-state index contributed by atoms with van der Waals surface area (Å²) in [5, 5.41) is 4.93. The number of aromatic nitrogens is 1. The second-order valence-corrected chi connectivity index (χ2v) is 22.1.